The molecule has 0 atom stereocenters. The van der Waals surface area contributed by atoms with E-state index < -0.39 is 0 Å². The molecule has 2 heterocycles. The number of hydrogen-bond acceptors (Lipinski definition) is 3. The van der Waals surface area contributed by atoms with Gasteiger partial charge in [0.05, 0.1) is 12.3 Å². The van der Waals surface area contributed by atoms with Gasteiger partial charge in [0.1, 0.15) is 5.75 Å². The minimum atomic E-state index is 0.171. The van der Waals surface area contributed by atoms with Gasteiger partial charge in [-0.25, -0.2) is 4.98 Å². The van der Waals surface area contributed by atoms with Gasteiger partial charge in [-0.3, -0.25) is 0 Å². The van der Waals surface area contributed by atoms with Crippen molar-refractivity contribution < 1.29 is 9.84 Å². The van der Waals surface area contributed by atoms with E-state index in [9.17, 15) is 5.11 Å². The first-order valence-corrected chi connectivity index (χ1v) is 7.27. The Bertz CT molecular complexity index is 738. The van der Waals surface area contributed by atoms with Crippen LogP contribution >= 0.6 is 11.6 Å². The highest BCUT2D eigenvalue weighted by molar-refractivity contribution is 6.17. The van der Waals surface area contributed by atoms with Gasteiger partial charge in [0.25, 0.3) is 0 Å². The molecule has 4 nitrogen and oxygen atoms in total. The molecule has 0 bridgehead atoms. The minimum absolute atomic E-state index is 0.171. The van der Waals surface area contributed by atoms with Gasteiger partial charge in [0.15, 0.2) is 11.4 Å². The van der Waals surface area contributed by atoms with Crippen molar-refractivity contribution in [2.45, 2.75) is 6.42 Å². The van der Waals surface area contributed by atoms with Crippen molar-refractivity contribution in [3.05, 3.63) is 48.8 Å². The quantitative estimate of drug-likeness (QED) is 0.577. The lowest BCUT2D eigenvalue weighted by atomic mass is 10.2. The second kappa shape index (κ2) is 6.06. The minimum Gasteiger partial charge on any atom is -0.504 e. The number of ether oxygens (including phenoxy) is 1. The Hall–Kier alpha value is -2.20. The van der Waals surface area contributed by atoms with Crippen molar-refractivity contribution in [3.63, 3.8) is 0 Å². The van der Waals surface area contributed by atoms with E-state index >= 15 is 0 Å². The lowest BCUT2D eigenvalue weighted by Gasteiger charge is -2.05. The van der Waals surface area contributed by atoms with Crippen LogP contribution in [0.4, 0.5) is 0 Å². The maximum Gasteiger partial charge on any atom is 0.180 e. The summed E-state index contributed by atoms with van der Waals surface area (Å²) in [6.45, 7) is 0.616. The smallest absolute Gasteiger partial charge is 0.180 e. The summed E-state index contributed by atoms with van der Waals surface area (Å²) in [5.41, 5.74) is 2.33. The second-order valence-corrected chi connectivity index (χ2v) is 5.04. The van der Waals surface area contributed by atoms with E-state index in [-0.39, 0.29) is 5.75 Å². The molecule has 1 N–H and O–H groups in total. The molecule has 0 aliphatic heterocycles. The molecule has 0 saturated heterocycles. The summed E-state index contributed by atoms with van der Waals surface area (Å²) >= 11 is 5.61. The monoisotopic (exact) mass is 302 g/mol. The first-order valence-electron chi connectivity index (χ1n) is 6.74. The normalized spacial score (nSPS) is 10.9. The summed E-state index contributed by atoms with van der Waals surface area (Å²) in [5, 5.41) is 9.78. The third kappa shape index (κ3) is 2.95. The Kier molecular flexibility index (Phi) is 3.97. The number of rotatable bonds is 5. The standard InChI is InChI=1S/C16H15ClN2O2/c17-8-2-10-21-13-6-4-12(5-7-13)14-11-19-9-1-3-15(20)16(19)18-14/h1,3-7,9,11,20H,2,8,10H2. The van der Waals surface area contributed by atoms with Gasteiger partial charge < -0.3 is 14.2 Å². The van der Waals surface area contributed by atoms with Crippen LogP contribution in [0, 0.1) is 0 Å². The number of imidazole rings is 1. The molecular weight excluding hydrogens is 288 g/mol. The fraction of sp³-hybridized carbons (Fsp3) is 0.188. The summed E-state index contributed by atoms with van der Waals surface area (Å²) in [5.74, 6) is 1.59. The highest BCUT2D eigenvalue weighted by Gasteiger charge is 2.07. The van der Waals surface area contributed by atoms with Gasteiger partial charge in [-0.15, -0.1) is 11.6 Å². The molecule has 3 rings (SSSR count). The molecule has 5 heteroatoms. The number of aromatic nitrogens is 2. The van der Waals surface area contributed by atoms with Gasteiger partial charge in [0, 0.05) is 23.8 Å². The number of hydrogen-bond donors (Lipinski definition) is 1. The number of alkyl halides is 1. The van der Waals surface area contributed by atoms with Crippen LogP contribution in [0.15, 0.2) is 48.8 Å². The summed E-state index contributed by atoms with van der Waals surface area (Å²) in [4.78, 5) is 4.44. The summed E-state index contributed by atoms with van der Waals surface area (Å²) in [6, 6.07) is 11.1. The second-order valence-electron chi connectivity index (χ2n) is 4.67. The van der Waals surface area contributed by atoms with Crippen molar-refractivity contribution >= 4 is 17.2 Å². The van der Waals surface area contributed by atoms with E-state index in [0.717, 1.165) is 23.4 Å². The van der Waals surface area contributed by atoms with Crippen LogP contribution in [0.3, 0.4) is 0 Å². The van der Waals surface area contributed by atoms with E-state index in [0.29, 0.717) is 18.1 Å². The third-order valence-electron chi connectivity index (χ3n) is 3.16. The first-order chi connectivity index (χ1) is 10.3. The van der Waals surface area contributed by atoms with E-state index in [2.05, 4.69) is 4.98 Å². The number of halogens is 1. The van der Waals surface area contributed by atoms with E-state index in [1.54, 1.807) is 16.5 Å². The average molecular weight is 303 g/mol. The largest absolute Gasteiger partial charge is 0.504 e. The van der Waals surface area contributed by atoms with Crippen molar-refractivity contribution in [2.75, 3.05) is 12.5 Å². The van der Waals surface area contributed by atoms with Gasteiger partial charge in [-0.05, 0) is 42.8 Å². The summed E-state index contributed by atoms with van der Waals surface area (Å²) in [6.07, 6.45) is 4.57. The maximum atomic E-state index is 9.78. The molecule has 0 fully saturated rings. The van der Waals surface area contributed by atoms with Crippen LogP contribution in [0.1, 0.15) is 6.42 Å². The maximum absolute atomic E-state index is 9.78. The molecule has 108 valence electrons. The van der Waals surface area contributed by atoms with Crippen LogP contribution in [0.5, 0.6) is 11.5 Å². The summed E-state index contributed by atoms with van der Waals surface area (Å²) in [7, 11) is 0. The highest BCUT2D eigenvalue weighted by Crippen LogP contribution is 2.25. The van der Waals surface area contributed by atoms with E-state index in [1.807, 2.05) is 36.7 Å². The molecule has 0 amide bonds. The Balaban J connectivity index is 1.83. The molecular formula is C16H15ClN2O2. The lowest BCUT2D eigenvalue weighted by Crippen LogP contribution is -1.97. The molecule has 21 heavy (non-hydrogen) atoms. The Morgan fingerprint density at radius 1 is 1.19 bits per heavy atom. The predicted molar refractivity (Wildman–Crippen MR) is 83.1 cm³/mol. The molecule has 0 spiro atoms. The zero-order valence-corrected chi connectivity index (χ0v) is 12.1. The predicted octanol–water partition coefficient (Wildman–Crippen LogP) is 3.71. The molecule has 0 saturated carbocycles. The fourth-order valence-electron chi connectivity index (χ4n) is 2.10. The number of nitrogens with zero attached hydrogens (tertiary/aromatic N) is 2. The number of benzene rings is 1. The molecule has 0 unspecified atom stereocenters. The molecule has 0 aliphatic rings. The van der Waals surface area contributed by atoms with Crippen LogP contribution in [0.25, 0.3) is 16.9 Å². The third-order valence-corrected chi connectivity index (χ3v) is 3.43. The van der Waals surface area contributed by atoms with Gasteiger partial charge in [0.2, 0.25) is 0 Å². The van der Waals surface area contributed by atoms with Crippen LogP contribution in [-0.2, 0) is 0 Å². The Morgan fingerprint density at radius 2 is 2.00 bits per heavy atom. The topological polar surface area (TPSA) is 46.8 Å². The Morgan fingerprint density at radius 3 is 2.71 bits per heavy atom. The van der Waals surface area contributed by atoms with Gasteiger partial charge in [-0.1, -0.05) is 0 Å². The van der Waals surface area contributed by atoms with Crippen molar-refractivity contribution in [3.8, 4) is 22.8 Å². The van der Waals surface area contributed by atoms with E-state index in [4.69, 9.17) is 16.3 Å². The van der Waals surface area contributed by atoms with Crippen LogP contribution < -0.4 is 4.74 Å². The van der Waals surface area contributed by atoms with Crippen molar-refractivity contribution in [1.29, 1.82) is 0 Å². The highest BCUT2D eigenvalue weighted by atomic mass is 35.5. The zero-order valence-electron chi connectivity index (χ0n) is 11.4. The molecule has 2 aromatic heterocycles. The van der Waals surface area contributed by atoms with E-state index in [1.165, 1.54) is 0 Å². The number of pyridine rings is 1. The van der Waals surface area contributed by atoms with Crippen molar-refractivity contribution in [2.24, 2.45) is 0 Å². The van der Waals surface area contributed by atoms with Crippen molar-refractivity contribution in [1.82, 2.24) is 9.38 Å². The Labute approximate surface area is 127 Å². The fourth-order valence-corrected chi connectivity index (χ4v) is 2.21. The van der Waals surface area contributed by atoms with Crippen LogP contribution in [0.2, 0.25) is 0 Å². The summed E-state index contributed by atoms with van der Waals surface area (Å²) < 4.78 is 7.37. The molecule has 0 radical (unpaired) electrons. The van der Waals surface area contributed by atoms with Gasteiger partial charge >= 0.3 is 0 Å². The lowest BCUT2D eigenvalue weighted by molar-refractivity contribution is 0.318. The number of fused-ring (bicyclic) bond motifs is 1. The average Bonchev–Trinajstić information content (AvgIpc) is 2.94. The molecule has 0 aliphatic carbocycles. The van der Waals surface area contributed by atoms with Crippen LogP contribution in [-0.4, -0.2) is 27.0 Å². The van der Waals surface area contributed by atoms with Gasteiger partial charge in [-0.2, -0.15) is 0 Å². The first kappa shape index (κ1) is 13.8. The SMILES string of the molecule is Oc1cccn2cc(-c3ccc(OCCCCl)cc3)nc12. The zero-order chi connectivity index (χ0) is 14.7. The molecule has 1 aromatic carbocycles. The number of aromatic hydroxyl groups is 1. The molecule has 3 aromatic rings.